The summed E-state index contributed by atoms with van der Waals surface area (Å²) in [4.78, 5) is 34.8. The quantitative estimate of drug-likeness (QED) is 0.580. The van der Waals surface area contributed by atoms with Crippen molar-refractivity contribution in [2.75, 3.05) is 26.7 Å². The molecule has 0 radical (unpaired) electrons. The van der Waals surface area contributed by atoms with Gasteiger partial charge in [-0.25, -0.2) is 4.79 Å². The zero-order chi connectivity index (χ0) is 15.5. The van der Waals surface area contributed by atoms with Gasteiger partial charge < -0.3 is 20.6 Å². The van der Waals surface area contributed by atoms with Gasteiger partial charge in [0.25, 0.3) is 0 Å². The predicted molar refractivity (Wildman–Crippen MR) is 75.4 cm³/mol. The van der Waals surface area contributed by atoms with Crippen LogP contribution in [0.25, 0.3) is 0 Å². The molecule has 7 heteroatoms. The first-order valence-electron chi connectivity index (χ1n) is 6.80. The van der Waals surface area contributed by atoms with E-state index in [4.69, 9.17) is 5.11 Å². The van der Waals surface area contributed by atoms with Crippen LogP contribution in [0.2, 0.25) is 0 Å². The summed E-state index contributed by atoms with van der Waals surface area (Å²) in [5, 5.41) is 13.9. The second-order valence-corrected chi connectivity index (χ2v) is 5.10. The van der Waals surface area contributed by atoms with E-state index in [0.717, 1.165) is 0 Å². The number of aliphatic carboxylic acids is 1. The minimum Gasteiger partial charge on any atom is -0.481 e. The monoisotopic (exact) mass is 287 g/mol. The molecule has 0 bridgehead atoms. The van der Waals surface area contributed by atoms with E-state index in [1.165, 1.54) is 4.90 Å². The number of rotatable bonds is 9. The van der Waals surface area contributed by atoms with Crippen molar-refractivity contribution in [3.8, 4) is 0 Å². The summed E-state index contributed by atoms with van der Waals surface area (Å²) in [5.74, 6) is -0.568. The highest BCUT2D eigenvalue weighted by Crippen LogP contribution is 1.94. The molecule has 0 aromatic carbocycles. The van der Waals surface area contributed by atoms with Gasteiger partial charge in [0.2, 0.25) is 5.91 Å². The van der Waals surface area contributed by atoms with Crippen molar-refractivity contribution in [1.82, 2.24) is 15.5 Å². The first kappa shape index (κ1) is 18.2. The lowest BCUT2D eigenvalue weighted by molar-refractivity contribution is -0.137. The van der Waals surface area contributed by atoms with Crippen LogP contribution in [0.5, 0.6) is 0 Å². The summed E-state index contributed by atoms with van der Waals surface area (Å²) < 4.78 is 0. The van der Waals surface area contributed by atoms with Gasteiger partial charge in [-0.15, -0.1) is 0 Å². The number of amides is 3. The molecule has 0 aliphatic heterocycles. The Morgan fingerprint density at radius 3 is 2.35 bits per heavy atom. The Labute approximate surface area is 119 Å². The Bertz CT molecular complexity index is 332. The van der Waals surface area contributed by atoms with E-state index in [1.54, 1.807) is 7.05 Å². The zero-order valence-corrected chi connectivity index (χ0v) is 12.4. The summed E-state index contributed by atoms with van der Waals surface area (Å²) in [6.45, 7) is 5.29. The SMILES string of the molecule is CC(C)CNC(=O)CCNC(=O)N(C)CCCC(=O)O. The van der Waals surface area contributed by atoms with Crippen LogP contribution < -0.4 is 10.6 Å². The van der Waals surface area contributed by atoms with Crippen LogP contribution in [0.3, 0.4) is 0 Å². The standard InChI is InChI=1S/C13H25N3O4/c1-10(2)9-15-11(17)6-7-14-13(20)16(3)8-4-5-12(18)19/h10H,4-9H2,1-3H3,(H,14,20)(H,15,17)(H,18,19). The minimum atomic E-state index is -0.874. The van der Waals surface area contributed by atoms with E-state index in [9.17, 15) is 14.4 Å². The Morgan fingerprint density at radius 2 is 1.80 bits per heavy atom. The number of urea groups is 1. The van der Waals surface area contributed by atoms with E-state index < -0.39 is 5.97 Å². The van der Waals surface area contributed by atoms with E-state index in [1.807, 2.05) is 13.8 Å². The highest BCUT2D eigenvalue weighted by molar-refractivity contribution is 5.78. The van der Waals surface area contributed by atoms with Gasteiger partial charge in [-0.05, 0) is 12.3 Å². The van der Waals surface area contributed by atoms with E-state index in [0.29, 0.717) is 25.4 Å². The van der Waals surface area contributed by atoms with Gasteiger partial charge in [-0.3, -0.25) is 9.59 Å². The molecule has 0 heterocycles. The summed E-state index contributed by atoms with van der Waals surface area (Å²) in [7, 11) is 1.59. The lowest BCUT2D eigenvalue weighted by Gasteiger charge is -2.17. The number of carboxylic acid groups (broad SMARTS) is 1. The Balaban J connectivity index is 3.70. The smallest absolute Gasteiger partial charge is 0.317 e. The number of carboxylic acids is 1. The van der Waals surface area contributed by atoms with Crippen LogP contribution in [-0.4, -0.2) is 54.6 Å². The highest BCUT2D eigenvalue weighted by atomic mass is 16.4. The molecule has 0 spiro atoms. The van der Waals surface area contributed by atoms with Crippen LogP contribution in [0.4, 0.5) is 4.79 Å². The number of hydrogen-bond donors (Lipinski definition) is 3. The number of nitrogens with one attached hydrogen (secondary N) is 2. The van der Waals surface area contributed by atoms with Gasteiger partial charge in [-0.2, -0.15) is 0 Å². The number of hydrogen-bond acceptors (Lipinski definition) is 3. The van der Waals surface area contributed by atoms with E-state index in [-0.39, 0.29) is 31.3 Å². The van der Waals surface area contributed by atoms with Crippen LogP contribution in [0.15, 0.2) is 0 Å². The van der Waals surface area contributed by atoms with E-state index in [2.05, 4.69) is 10.6 Å². The Hall–Kier alpha value is -1.79. The third-order valence-corrected chi connectivity index (χ3v) is 2.57. The summed E-state index contributed by atoms with van der Waals surface area (Å²) in [6.07, 6.45) is 0.685. The van der Waals surface area contributed by atoms with Gasteiger partial charge in [0, 0.05) is 39.5 Å². The van der Waals surface area contributed by atoms with Crippen LogP contribution in [-0.2, 0) is 9.59 Å². The fraction of sp³-hybridized carbons (Fsp3) is 0.769. The molecule has 20 heavy (non-hydrogen) atoms. The average molecular weight is 287 g/mol. The maximum Gasteiger partial charge on any atom is 0.317 e. The van der Waals surface area contributed by atoms with E-state index >= 15 is 0 Å². The van der Waals surface area contributed by atoms with Gasteiger partial charge >= 0.3 is 12.0 Å². The zero-order valence-electron chi connectivity index (χ0n) is 12.4. The molecule has 0 aliphatic rings. The molecular formula is C13H25N3O4. The molecule has 0 rings (SSSR count). The third-order valence-electron chi connectivity index (χ3n) is 2.57. The van der Waals surface area contributed by atoms with Crippen LogP contribution >= 0.6 is 0 Å². The van der Waals surface area contributed by atoms with Crippen molar-refractivity contribution in [2.45, 2.75) is 33.1 Å². The van der Waals surface area contributed by atoms with Crippen LogP contribution in [0, 0.1) is 5.92 Å². The first-order chi connectivity index (χ1) is 9.32. The fourth-order valence-electron chi connectivity index (χ4n) is 1.39. The van der Waals surface area contributed by atoms with Crippen molar-refractivity contribution < 1.29 is 19.5 Å². The topological polar surface area (TPSA) is 98.7 Å². The van der Waals surface area contributed by atoms with Crippen LogP contribution in [0.1, 0.15) is 33.1 Å². The molecule has 7 nitrogen and oxygen atoms in total. The summed E-state index contributed by atoms with van der Waals surface area (Å²) in [6, 6.07) is -0.299. The second kappa shape index (κ2) is 10.1. The maximum atomic E-state index is 11.6. The van der Waals surface area contributed by atoms with Gasteiger partial charge in [-0.1, -0.05) is 13.8 Å². The number of nitrogens with zero attached hydrogens (tertiary/aromatic N) is 1. The predicted octanol–water partition coefficient (Wildman–Crippen LogP) is 0.655. The number of carbonyl (C=O) groups is 3. The molecule has 0 atom stereocenters. The Morgan fingerprint density at radius 1 is 1.15 bits per heavy atom. The van der Waals surface area contributed by atoms with Crippen molar-refractivity contribution in [3.05, 3.63) is 0 Å². The molecule has 0 aromatic heterocycles. The lowest BCUT2D eigenvalue weighted by Crippen LogP contribution is -2.40. The molecule has 0 fully saturated rings. The lowest BCUT2D eigenvalue weighted by atomic mass is 10.2. The second-order valence-electron chi connectivity index (χ2n) is 5.10. The molecule has 0 saturated heterocycles. The normalized spacial score (nSPS) is 10.2. The number of carbonyl (C=O) groups excluding carboxylic acids is 2. The Kier molecular flexibility index (Phi) is 9.15. The van der Waals surface area contributed by atoms with Gasteiger partial charge in [0.15, 0.2) is 0 Å². The molecule has 0 aromatic rings. The molecular weight excluding hydrogens is 262 g/mol. The largest absolute Gasteiger partial charge is 0.481 e. The van der Waals surface area contributed by atoms with Crippen molar-refractivity contribution in [3.63, 3.8) is 0 Å². The van der Waals surface area contributed by atoms with Gasteiger partial charge in [0.05, 0.1) is 0 Å². The average Bonchev–Trinajstić information content (AvgIpc) is 2.35. The minimum absolute atomic E-state index is 0.0369. The molecule has 3 amide bonds. The highest BCUT2D eigenvalue weighted by Gasteiger charge is 2.09. The molecule has 0 aliphatic carbocycles. The summed E-state index contributed by atoms with van der Waals surface area (Å²) in [5.41, 5.74) is 0. The van der Waals surface area contributed by atoms with Crippen molar-refractivity contribution in [2.24, 2.45) is 5.92 Å². The molecule has 0 unspecified atom stereocenters. The van der Waals surface area contributed by atoms with Crippen molar-refractivity contribution in [1.29, 1.82) is 0 Å². The maximum absolute atomic E-state index is 11.6. The molecule has 0 saturated carbocycles. The van der Waals surface area contributed by atoms with Crippen molar-refractivity contribution >= 4 is 17.9 Å². The fourth-order valence-corrected chi connectivity index (χ4v) is 1.39. The first-order valence-corrected chi connectivity index (χ1v) is 6.80. The molecule has 116 valence electrons. The molecule has 3 N–H and O–H groups in total. The summed E-state index contributed by atoms with van der Waals surface area (Å²) >= 11 is 0. The third kappa shape index (κ3) is 10.2. The van der Waals surface area contributed by atoms with Gasteiger partial charge in [0.1, 0.15) is 0 Å².